The summed E-state index contributed by atoms with van der Waals surface area (Å²) in [5, 5.41) is 10.9. The standard InChI is InChI=1S/C15H15ClO/c1-11-13(8-5-9-14(11)16)15(17)10-12-6-3-2-4-7-12/h2-9,15,17H,10H2,1H3. The smallest absolute Gasteiger partial charge is 0.0833 e. The first kappa shape index (κ1) is 12.2. The van der Waals surface area contributed by atoms with Crippen LogP contribution in [0, 0.1) is 6.92 Å². The number of benzene rings is 2. The van der Waals surface area contributed by atoms with Crippen molar-refractivity contribution in [1.29, 1.82) is 0 Å². The van der Waals surface area contributed by atoms with Crippen molar-refractivity contribution in [2.75, 3.05) is 0 Å². The van der Waals surface area contributed by atoms with E-state index in [1.54, 1.807) is 0 Å². The van der Waals surface area contributed by atoms with Crippen LogP contribution in [-0.4, -0.2) is 5.11 Å². The first-order valence-corrected chi connectivity index (χ1v) is 6.03. The highest BCUT2D eigenvalue weighted by atomic mass is 35.5. The van der Waals surface area contributed by atoms with Gasteiger partial charge in [0, 0.05) is 11.4 Å². The van der Waals surface area contributed by atoms with Gasteiger partial charge in [-0.05, 0) is 29.7 Å². The van der Waals surface area contributed by atoms with E-state index in [2.05, 4.69) is 0 Å². The van der Waals surface area contributed by atoms with E-state index in [4.69, 9.17) is 11.6 Å². The van der Waals surface area contributed by atoms with Gasteiger partial charge in [0.1, 0.15) is 0 Å². The second kappa shape index (κ2) is 5.35. The lowest BCUT2D eigenvalue weighted by Gasteiger charge is -2.14. The van der Waals surface area contributed by atoms with Gasteiger partial charge in [0.25, 0.3) is 0 Å². The molecule has 1 atom stereocenters. The quantitative estimate of drug-likeness (QED) is 0.870. The topological polar surface area (TPSA) is 20.2 Å². The highest BCUT2D eigenvalue weighted by Gasteiger charge is 2.12. The maximum absolute atomic E-state index is 10.2. The van der Waals surface area contributed by atoms with Crippen LogP contribution >= 0.6 is 11.6 Å². The van der Waals surface area contributed by atoms with Gasteiger partial charge in [-0.3, -0.25) is 0 Å². The predicted molar refractivity (Wildman–Crippen MR) is 71.3 cm³/mol. The SMILES string of the molecule is Cc1c(Cl)cccc1C(O)Cc1ccccc1. The van der Waals surface area contributed by atoms with Crippen molar-refractivity contribution in [3.05, 3.63) is 70.2 Å². The van der Waals surface area contributed by atoms with Crippen LogP contribution in [-0.2, 0) is 6.42 Å². The molecule has 0 aliphatic rings. The number of rotatable bonds is 3. The summed E-state index contributed by atoms with van der Waals surface area (Å²) in [6.07, 6.45) is 0.110. The molecule has 0 aliphatic heterocycles. The predicted octanol–water partition coefficient (Wildman–Crippen LogP) is 3.92. The second-order valence-electron chi connectivity index (χ2n) is 4.16. The zero-order chi connectivity index (χ0) is 12.3. The van der Waals surface area contributed by atoms with Crippen LogP contribution in [0.5, 0.6) is 0 Å². The van der Waals surface area contributed by atoms with Gasteiger partial charge in [0.05, 0.1) is 6.10 Å². The first-order valence-electron chi connectivity index (χ1n) is 5.65. The number of aliphatic hydroxyl groups excluding tert-OH is 1. The lowest BCUT2D eigenvalue weighted by atomic mass is 9.98. The summed E-state index contributed by atoms with van der Waals surface area (Å²) < 4.78 is 0. The summed E-state index contributed by atoms with van der Waals surface area (Å²) in [6, 6.07) is 15.6. The average Bonchev–Trinajstić information content (AvgIpc) is 2.34. The minimum atomic E-state index is -0.504. The summed E-state index contributed by atoms with van der Waals surface area (Å²) in [4.78, 5) is 0. The molecule has 0 fully saturated rings. The molecule has 2 aromatic rings. The fourth-order valence-electron chi connectivity index (χ4n) is 1.93. The van der Waals surface area contributed by atoms with Gasteiger partial charge in [-0.2, -0.15) is 0 Å². The van der Waals surface area contributed by atoms with Crippen molar-refractivity contribution in [1.82, 2.24) is 0 Å². The fourth-order valence-corrected chi connectivity index (χ4v) is 2.11. The average molecular weight is 247 g/mol. The molecular formula is C15H15ClO. The Morgan fingerprint density at radius 2 is 1.76 bits per heavy atom. The maximum atomic E-state index is 10.2. The zero-order valence-electron chi connectivity index (χ0n) is 9.73. The van der Waals surface area contributed by atoms with E-state index < -0.39 is 6.10 Å². The molecule has 0 aliphatic carbocycles. The van der Waals surface area contributed by atoms with Gasteiger partial charge in [0.15, 0.2) is 0 Å². The maximum Gasteiger partial charge on any atom is 0.0833 e. The molecule has 0 heterocycles. The van der Waals surface area contributed by atoms with E-state index in [0.717, 1.165) is 16.7 Å². The van der Waals surface area contributed by atoms with E-state index >= 15 is 0 Å². The van der Waals surface area contributed by atoms with Crippen LogP contribution < -0.4 is 0 Å². The van der Waals surface area contributed by atoms with Gasteiger partial charge < -0.3 is 5.11 Å². The van der Waals surface area contributed by atoms with Crippen molar-refractivity contribution in [3.8, 4) is 0 Å². The number of hydrogen-bond acceptors (Lipinski definition) is 1. The molecule has 17 heavy (non-hydrogen) atoms. The molecule has 2 heteroatoms. The van der Waals surface area contributed by atoms with Crippen LogP contribution in [0.3, 0.4) is 0 Å². The molecular weight excluding hydrogens is 232 g/mol. The summed E-state index contributed by atoms with van der Waals surface area (Å²) in [5.41, 5.74) is 2.98. The monoisotopic (exact) mass is 246 g/mol. The Hall–Kier alpha value is -1.31. The minimum absolute atomic E-state index is 0.504. The molecule has 0 spiro atoms. The summed E-state index contributed by atoms with van der Waals surface area (Å²) in [7, 11) is 0. The van der Waals surface area contributed by atoms with Crippen LogP contribution in [0.15, 0.2) is 48.5 Å². The Morgan fingerprint density at radius 1 is 1.06 bits per heavy atom. The highest BCUT2D eigenvalue weighted by molar-refractivity contribution is 6.31. The van der Waals surface area contributed by atoms with Crippen molar-refractivity contribution in [2.45, 2.75) is 19.4 Å². The normalized spacial score (nSPS) is 12.4. The molecule has 1 N–H and O–H groups in total. The van der Waals surface area contributed by atoms with Gasteiger partial charge in [0.2, 0.25) is 0 Å². The Balaban J connectivity index is 2.20. The van der Waals surface area contributed by atoms with E-state index in [0.29, 0.717) is 11.4 Å². The van der Waals surface area contributed by atoms with Crippen molar-refractivity contribution < 1.29 is 5.11 Å². The van der Waals surface area contributed by atoms with E-state index in [-0.39, 0.29) is 0 Å². The molecule has 1 nitrogen and oxygen atoms in total. The Kier molecular flexibility index (Phi) is 3.82. The van der Waals surface area contributed by atoms with Gasteiger partial charge in [-0.15, -0.1) is 0 Å². The van der Waals surface area contributed by atoms with Crippen molar-refractivity contribution >= 4 is 11.6 Å². The molecule has 1 unspecified atom stereocenters. The van der Waals surface area contributed by atoms with Crippen LogP contribution in [0.2, 0.25) is 5.02 Å². The van der Waals surface area contributed by atoms with E-state index in [9.17, 15) is 5.11 Å². The molecule has 0 aromatic heterocycles. The Labute approximate surface area is 107 Å². The molecule has 0 bridgehead atoms. The van der Waals surface area contributed by atoms with Crippen LogP contribution in [0.1, 0.15) is 22.8 Å². The van der Waals surface area contributed by atoms with Crippen molar-refractivity contribution in [2.24, 2.45) is 0 Å². The molecule has 88 valence electrons. The Bertz CT molecular complexity index is 494. The zero-order valence-corrected chi connectivity index (χ0v) is 10.5. The highest BCUT2D eigenvalue weighted by Crippen LogP contribution is 2.26. The molecule has 2 aromatic carbocycles. The second-order valence-corrected chi connectivity index (χ2v) is 4.57. The Morgan fingerprint density at radius 3 is 2.47 bits per heavy atom. The molecule has 2 rings (SSSR count). The van der Waals surface area contributed by atoms with E-state index in [1.165, 1.54) is 0 Å². The van der Waals surface area contributed by atoms with Gasteiger partial charge in [-0.25, -0.2) is 0 Å². The molecule has 0 saturated heterocycles. The van der Waals surface area contributed by atoms with Crippen LogP contribution in [0.25, 0.3) is 0 Å². The van der Waals surface area contributed by atoms with E-state index in [1.807, 2.05) is 55.5 Å². The molecule has 0 saturated carbocycles. The number of hydrogen-bond donors (Lipinski definition) is 1. The largest absolute Gasteiger partial charge is 0.388 e. The summed E-state index contributed by atoms with van der Waals surface area (Å²) >= 11 is 6.05. The van der Waals surface area contributed by atoms with Crippen molar-refractivity contribution in [3.63, 3.8) is 0 Å². The number of aliphatic hydroxyl groups is 1. The van der Waals surface area contributed by atoms with Crippen LogP contribution in [0.4, 0.5) is 0 Å². The lowest BCUT2D eigenvalue weighted by Crippen LogP contribution is -2.04. The third kappa shape index (κ3) is 2.87. The third-order valence-electron chi connectivity index (χ3n) is 2.94. The minimum Gasteiger partial charge on any atom is -0.388 e. The summed E-state index contributed by atoms with van der Waals surface area (Å²) in [6.45, 7) is 1.94. The first-order chi connectivity index (χ1) is 8.18. The van der Waals surface area contributed by atoms with Gasteiger partial charge in [-0.1, -0.05) is 54.1 Å². The number of halogens is 1. The fraction of sp³-hybridized carbons (Fsp3) is 0.200. The third-order valence-corrected chi connectivity index (χ3v) is 3.35. The lowest BCUT2D eigenvalue weighted by molar-refractivity contribution is 0.178. The molecule has 0 radical (unpaired) electrons. The molecule has 0 amide bonds. The van der Waals surface area contributed by atoms with Gasteiger partial charge >= 0.3 is 0 Å². The summed E-state index contributed by atoms with van der Waals surface area (Å²) in [5.74, 6) is 0.